The second-order valence-electron chi connectivity index (χ2n) is 5.04. The van der Waals surface area contributed by atoms with Gasteiger partial charge in [0.2, 0.25) is 5.89 Å². The molecule has 2 aromatic carbocycles. The van der Waals surface area contributed by atoms with Gasteiger partial charge in [-0.05, 0) is 49.4 Å². The number of hydrogen-bond acceptors (Lipinski definition) is 6. The van der Waals surface area contributed by atoms with Gasteiger partial charge >= 0.3 is 11.6 Å². The molecule has 3 rings (SSSR count). The largest absolute Gasteiger partial charge is 0.494 e. The van der Waals surface area contributed by atoms with Crippen LogP contribution in [-0.4, -0.2) is 17.6 Å². The summed E-state index contributed by atoms with van der Waals surface area (Å²) >= 11 is 0. The lowest BCUT2D eigenvalue weighted by molar-refractivity contribution is -0.131. The van der Waals surface area contributed by atoms with Crippen molar-refractivity contribution in [2.75, 3.05) is 6.61 Å². The van der Waals surface area contributed by atoms with Crippen LogP contribution in [0, 0.1) is 0 Å². The van der Waals surface area contributed by atoms with E-state index in [1.807, 2.05) is 6.92 Å². The third kappa shape index (κ3) is 3.27. The Morgan fingerprint density at radius 3 is 2.50 bits per heavy atom. The van der Waals surface area contributed by atoms with E-state index in [9.17, 15) is 9.59 Å². The minimum atomic E-state index is -0.544. The molecule has 0 saturated heterocycles. The number of ether oxygens (including phenoxy) is 2. The summed E-state index contributed by atoms with van der Waals surface area (Å²) < 4.78 is 15.6. The zero-order chi connectivity index (χ0) is 17.1. The monoisotopic (exact) mass is 325 g/mol. The number of fused-ring (bicyclic) bond motifs is 1. The predicted octanol–water partition coefficient (Wildman–Crippen LogP) is 3.18. The summed E-state index contributed by atoms with van der Waals surface area (Å²) in [6.45, 7) is 3.77. The van der Waals surface area contributed by atoms with Crippen LogP contribution in [0.15, 0.2) is 51.7 Å². The van der Waals surface area contributed by atoms with E-state index >= 15 is 0 Å². The first-order valence-corrected chi connectivity index (χ1v) is 7.43. The Kier molecular flexibility index (Phi) is 4.29. The third-order valence-corrected chi connectivity index (χ3v) is 3.27. The van der Waals surface area contributed by atoms with Crippen LogP contribution in [0.3, 0.4) is 0 Å². The van der Waals surface area contributed by atoms with Gasteiger partial charge in [0.15, 0.2) is 0 Å². The van der Waals surface area contributed by atoms with Crippen molar-refractivity contribution in [1.29, 1.82) is 0 Å². The molecule has 0 aliphatic carbocycles. The van der Waals surface area contributed by atoms with Gasteiger partial charge in [0.05, 0.1) is 17.5 Å². The minimum Gasteiger partial charge on any atom is -0.494 e. The fraction of sp³-hybridized carbons (Fsp3) is 0.167. The smallest absolute Gasteiger partial charge is 0.347 e. The van der Waals surface area contributed by atoms with E-state index < -0.39 is 11.6 Å². The molecule has 0 spiro atoms. The summed E-state index contributed by atoms with van der Waals surface area (Å²) in [4.78, 5) is 27.6. The van der Waals surface area contributed by atoms with Gasteiger partial charge in [0, 0.05) is 12.5 Å². The van der Waals surface area contributed by atoms with Gasteiger partial charge in [0.1, 0.15) is 11.5 Å². The molecule has 3 aromatic rings. The topological polar surface area (TPSA) is 78.6 Å². The van der Waals surface area contributed by atoms with Gasteiger partial charge in [-0.3, -0.25) is 4.79 Å². The molecule has 0 bridgehead atoms. The van der Waals surface area contributed by atoms with E-state index in [1.165, 1.54) is 13.0 Å². The van der Waals surface area contributed by atoms with Crippen molar-refractivity contribution >= 4 is 16.9 Å². The Bertz CT molecular complexity index is 944. The van der Waals surface area contributed by atoms with Crippen LogP contribution in [0.5, 0.6) is 11.5 Å². The van der Waals surface area contributed by atoms with Crippen molar-refractivity contribution in [3.05, 3.63) is 52.9 Å². The van der Waals surface area contributed by atoms with Crippen LogP contribution < -0.4 is 15.1 Å². The highest BCUT2D eigenvalue weighted by atomic mass is 16.5. The van der Waals surface area contributed by atoms with E-state index in [2.05, 4.69) is 4.98 Å². The van der Waals surface area contributed by atoms with Crippen LogP contribution in [0.25, 0.3) is 22.4 Å². The van der Waals surface area contributed by atoms with Crippen molar-refractivity contribution in [2.45, 2.75) is 13.8 Å². The second kappa shape index (κ2) is 6.54. The lowest BCUT2D eigenvalue weighted by Crippen LogP contribution is -2.05. The number of aromatic nitrogens is 1. The summed E-state index contributed by atoms with van der Waals surface area (Å²) in [7, 11) is 0. The minimum absolute atomic E-state index is 0.218. The van der Waals surface area contributed by atoms with Crippen LogP contribution in [0.2, 0.25) is 0 Å². The van der Waals surface area contributed by atoms with Crippen LogP contribution >= 0.6 is 0 Å². The fourth-order valence-electron chi connectivity index (χ4n) is 2.26. The van der Waals surface area contributed by atoms with Crippen molar-refractivity contribution in [3.8, 4) is 23.0 Å². The highest BCUT2D eigenvalue weighted by Gasteiger charge is 2.10. The average molecular weight is 325 g/mol. The zero-order valence-corrected chi connectivity index (χ0v) is 13.2. The predicted molar refractivity (Wildman–Crippen MR) is 88.2 cm³/mol. The van der Waals surface area contributed by atoms with E-state index in [0.717, 1.165) is 5.75 Å². The molecule has 0 fully saturated rings. The maximum atomic E-state index is 12.2. The molecule has 0 N–H and O–H groups in total. The summed E-state index contributed by atoms with van der Waals surface area (Å²) in [5.41, 5.74) is 0.588. The fourth-order valence-corrected chi connectivity index (χ4v) is 2.26. The first-order chi connectivity index (χ1) is 11.6. The van der Waals surface area contributed by atoms with Gasteiger partial charge in [0.25, 0.3) is 0 Å². The molecule has 6 heteroatoms. The molecule has 24 heavy (non-hydrogen) atoms. The molecule has 0 amide bonds. The lowest BCUT2D eigenvalue weighted by Gasteiger charge is -2.05. The molecule has 1 aromatic heterocycles. The Morgan fingerprint density at radius 2 is 1.83 bits per heavy atom. The maximum Gasteiger partial charge on any atom is 0.347 e. The zero-order valence-electron chi connectivity index (χ0n) is 13.2. The van der Waals surface area contributed by atoms with Crippen molar-refractivity contribution < 1.29 is 18.7 Å². The molecule has 0 saturated carbocycles. The summed E-state index contributed by atoms with van der Waals surface area (Å²) in [5, 5.41) is 0.253. The Balaban J connectivity index is 2.01. The van der Waals surface area contributed by atoms with E-state index in [4.69, 9.17) is 13.9 Å². The van der Waals surface area contributed by atoms with Crippen LogP contribution in [-0.2, 0) is 4.79 Å². The van der Waals surface area contributed by atoms with Crippen LogP contribution in [0.4, 0.5) is 0 Å². The van der Waals surface area contributed by atoms with Crippen LogP contribution in [0.1, 0.15) is 13.8 Å². The van der Waals surface area contributed by atoms with Crippen molar-refractivity contribution in [1.82, 2.24) is 4.98 Å². The maximum absolute atomic E-state index is 12.2. The van der Waals surface area contributed by atoms with E-state index in [0.29, 0.717) is 17.7 Å². The van der Waals surface area contributed by atoms with Gasteiger partial charge in [-0.1, -0.05) is 0 Å². The molecule has 0 aliphatic heterocycles. The SMILES string of the molecule is CCOc1ccc(-c2nc3ccc(OC(C)=O)cc3c(=O)o2)cc1. The van der Waals surface area contributed by atoms with Gasteiger partial charge in [-0.2, -0.15) is 0 Å². The second-order valence-corrected chi connectivity index (χ2v) is 5.04. The van der Waals surface area contributed by atoms with Gasteiger partial charge in [-0.15, -0.1) is 0 Å². The molecule has 0 radical (unpaired) electrons. The summed E-state index contributed by atoms with van der Waals surface area (Å²) in [5.74, 6) is 0.766. The highest BCUT2D eigenvalue weighted by molar-refractivity contribution is 5.81. The average Bonchev–Trinajstić information content (AvgIpc) is 2.56. The molecule has 122 valence electrons. The standard InChI is InChI=1S/C18H15NO5/c1-3-22-13-6-4-12(5-7-13)17-19-16-9-8-14(23-11(2)20)10-15(16)18(21)24-17/h4-10H,3H2,1-2H3. The Hall–Kier alpha value is -3.15. The molecule has 0 unspecified atom stereocenters. The molecule has 6 nitrogen and oxygen atoms in total. The quantitative estimate of drug-likeness (QED) is 0.541. The first-order valence-electron chi connectivity index (χ1n) is 7.43. The number of carbonyl (C=O) groups is 1. The number of nitrogens with zero attached hydrogens (tertiary/aromatic N) is 1. The number of esters is 1. The molecular weight excluding hydrogens is 310 g/mol. The van der Waals surface area contributed by atoms with E-state index in [-0.39, 0.29) is 17.0 Å². The normalized spacial score (nSPS) is 10.6. The lowest BCUT2D eigenvalue weighted by atomic mass is 10.2. The number of hydrogen-bond donors (Lipinski definition) is 0. The number of benzene rings is 2. The van der Waals surface area contributed by atoms with Crippen molar-refractivity contribution in [2.24, 2.45) is 0 Å². The van der Waals surface area contributed by atoms with Gasteiger partial charge < -0.3 is 13.9 Å². The molecule has 0 aliphatic rings. The number of carbonyl (C=O) groups excluding carboxylic acids is 1. The number of rotatable bonds is 4. The Morgan fingerprint density at radius 1 is 1.12 bits per heavy atom. The van der Waals surface area contributed by atoms with E-state index in [1.54, 1.807) is 36.4 Å². The summed E-state index contributed by atoms with van der Waals surface area (Å²) in [6.07, 6.45) is 0. The molecule has 1 heterocycles. The first kappa shape index (κ1) is 15.7. The third-order valence-electron chi connectivity index (χ3n) is 3.27. The molecule has 0 atom stereocenters. The molecular formula is C18H15NO5. The van der Waals surface area contributed by atoms with Gasteiger partial charge in [-0.25, -0.2) is 9.78 Å². The van der Waals surface area contributed by atoms with Crippen molar-refractivity contribution in [3.63, 3.8) is 0 Å². The summed E-state index contributed by atoms with van der Waals surface area (Å²) in [6, 6.07) is 11.8. The highest BCUT2D eigenvalue weighted by Crippen LogP contribution is 2.23. The Labute approximate surface area is 137 Å².